The lowest BCUT2D eigenvalue weighted by atomic mass is 10.1. The highest BCUT2D eigenvalue weighted by molar-refractivity contribution is 7.98. The van der Waals surface area contributed by atoms with E-state index in [-0.39, 0.29) is 0 Å². The molecular weight excluding hydrogens is 310 g/mol. The van der Waals surface area contributed by atoms with E-state index in [1.54, 1.807) is 23.9 Å². The van der Waals surface area contributed by atoms with Gasteiger partial charge in [0, 0.05) is 39.2 Å². The molecule has 5 nitrogen and oxygen atoms in total. The predicted octanol–water partition coefficient (Wildman–Crippen LogP) is 4.13. The Balaban J connectivity index is 1.99. The lowest BCUT2D eigenvalue weighted by Crippen LogP contribution is -2.05. The van der Waals surface area contributed by atoms with Gasteiger partial charge in [0.05, 0.1) is 5.56 Å². The van der Waals surface area contributed by atoms with Gasteiger partial charge in [-0.2, -0.15) is 11.8 Å². The second kappa shape index (κ2) is 5.83. The topological polar surface area (TPSA) is 71.4 Å². The maximum atomic E-state index is 11.5. The highest BCUT2D eigenvalue weighted by Crippen LogP contribution is 2.37. The quantitative estimate of drug-likeness (QED) is 0.861. The van der Waals surface area contributed by atoms with Crippen LogP contribution in [0.4, 0.5) is 11.5 Å². The number of hydrogen-bond donors (Lipinski definition) is 1. The van der Waals surface area contributed by atoms with E-state index < -0.39 is 5.91 Å². The van der Waals surface area contributed by atoms with E-state index in [1.807, 2.05) is 12.1 Å². The molecule has 0 aliphatic carbocycles. The molecule has 0 atom stereocenters. The molecule has 1 aliphatic rings. The van der Waals surface area contributed by atoms with Gasteiger partial charge in [-0.25, -0.2) is 4.98 Å². The largest absolute Gasteiger partial charge is 0.340 e. The summed E-state index contributed by atoms with van der Waals surface area (Å²) >= 11 is 7.63. The van der Waals surface area contributed by atoms with Gasteiger partial charge >= 0.3 is 5.91 Å². The van der Waals surface area contributed by atoms with Gasteiger partial charge in [-0.05, 0) is 23.8 Å². The highest BCUT2D eigenvalue weighted by atomic mass is 35.5. The van der Waals surface area contributed by atoms with Crippen molar-refractivity contribution in [3.05, 3.63) is 57.1 Å². The lowest BCUT2D eigenvalue weighted by Gasteiger charge is -2.11. The molecule has 1 aromatic carbocycles. The Labute approximate surface area is 130 Å². The second-order valence-electron chi connectivity index (χ2n) is 4.50. The van der Waals surface area contributed by atoms with Crippen molar-refractivity contribution in [1.82, 2.24) is 4.98 Å². The fourth-order valence-electron chi connectivity index (χ4n) is 2.21. The minimum atomic E-state index is -0.768. The molecule has 1 N–H and O–H groups in total. The molecule has 2 aromatic rings. The number of anilines is 2. The van der Waals surface area contributed by atoms with Crippen LogP contribution < -0.4 is 5.32 Å². The van der Waals surface area contributed by atoms with E-state index in [4.69, 9.17) is 11.6 Å². The van der Waals surface area contributed by atoms with Crippen molar-refractivity contribution in [2.75, 3.05) is 5.32 Å². The van der Waals surface area contributed by atoms with Gasteiger partial charge in [-0.3, -0.25) is 4.79 Å². The van der Waals surface area contributed by atoms with Crippen LogP contribution in [0.25, 0.3) is 0 Å². The van der Waals surface area contributed by atoms with Crippen LogP contribution in [0.5, 0.6) is 0 Å². The maximum Gasteiger partial charge on any atom is 0.318 e. The Morgan fingerprint density at radius 1 is 1.33 bits per heavy atom. The van der Waals surface area contributed by atoms with Gasteiger partial charge < -0.3 is 5.32 Å². The van der Waals surface area contributed by atoms with Crippen LogP contribution in [0.15, 0.2) is 35.6 Å². The molecule has 0 radical (unpaired) electrons. The maximum absolute atomic E-state index is 11.5. The van der Waals surface area contributed by atoms with Crippen LogP contribution in [0.3, 0.4) is 0 Å². The molecule has 0 fully saturated rings. The summed E-state index contributed by atoms with van der Waals surface area (Å²) in [5.74, 6) is 1.33. The first-order valence-electron chi connectivity index (χ1n) is 6.18. The van der Waals surface area contributed by atoms with Crippen molar-refractivity contribution >= 4 is 40.8 Å². The van der Waals surface area contributed by atoms with E-state index in [0.29, 0.717) is 22.2 Å². The molecule has 0 spiro atoms. The summed E-state index contributed by atoms with van der Waals surface area (Å²) < 4.78 is 0. The molecule has 2 heterocycles. The summed E-state index contributed by atoms with van der Waals surface area (Å²) in [5.41, 5.74) is 2.89. The van der Waals surface area contributed by atoms with Crippen LogP contribution in [0.2, 0.25) is 5.02 Å². The number of thioether (sulfide) groups is 1. The summed E-state index contributed by atoms with van der Waals surface area (Å²) in [6.07, 6.45) is 1.40. The lowest BCUT2D eigenvalue weighted by molar-refractivity contribution is 0.1000. The third-order valence-electron chi connectivity index (χ3n) is 3.19. The first kappa shape index (κ1) is 14.0. The number of amides is 1. The van der Waals surface area contributed by atoms with Crippen LogP contribution in [-0.4, -0.2) is 10.9 Å². The molecule has 3 rings (SSSR count). The zero-order valence-corrected chi connectivity index (χ0v) is 12.4. The van der Waals surface area contributed by atoms with E-state index in [0.717, 1.165) is 22.6 Å². The summed E-state index contributed by atoms with van der Waals surface area (Å²) in [6, 6.07) is 7.31. The van der Waals surface area contributed by atoms with Crippen LogP contribution in [0, 0.1) is 4.91 Å². The average molecular weight is 320 g/mol. The zero-order chi connectivity index (χ0) is 14.8. The Morgan fingerprint density at radius 2 is 2.14 bits per heavy atom. The molecule has 106 valence electrons. The van der Waals surface area contributed by atoms with Crippen molar-refractivity contribution in [2.45, 2.75) is 11.5 Å². The molecule has 1 aliphatic heterocycles. The van der Waals surface area contributed by atoms with E-state index in [9.17, 15) is 9.70 Å². The summed E-state index contributed by atoms with van der Waals surface area (Å²) in [6.45, 7) is 0. The number of carbonyl (C=O) groups is 1. The van der Waals surface area contributed by atoms with Gasteiger partial charge in [0.25, 0.3) is 0 Å². The Hall–Kier alpha value is -1.92. The second-order valence-corrected chi connectivity index (χ2v) is 5.92. The molecule has 0 unspecified atom stereocenters. The van der Waals surface area contributed by atoms with Gasteiger partial charge in [-0.1, -0.05) is 17.7 Å². The highest BCUT2D eigenvalue weighted by Gasteiger charge is 2.24. The zero-order valence-electron chi connectivity index (χ0n) is 10.8. The number of benzene rings is 1. The van der Waals surface area contributed by atoms with Crippen molar-refractivity contribution in [2.24, 2.45) is 5.18 Å². The molecular formula is C14H10ClN3O2S. The fraction of sp³-hybridized carbons (Fsp3) is 0.143. The third kappa shape index (κ3) is 2.77. The number of carbonyl (C=O) groups excluding carboxylic acids is 1. The standard InChI is InChI=1S/C14H10ClN3O2S/c15-8-2-1-3-9(4-8)17-13-12-7-21-6-11(12)10(5-16-13)14(19)18-20/h1-5H,6-7H2,(H,16,17). The fourth-order valence-corrected chi connectivity index (χ4v) is 3.55. The van der Waals surface area contributed by atoms with E-state index >= 15 is 0 Å². The number of halogens is 1. The van der Waals surface area contributed by atoms with Crippen LogP contribution in [0.1, 0.15) is 21.5 Å². The first-order chi connectivity index (χ1) is 10.2. The van der Waals surface area contributed by atoms with Gasteiger partial charge in [0.1, 0.15) is 5.82 Å². The number of fused-ring (bicyclic) bond motifs is 1. The predicted molar refractivity (Wildman–Crippen MR) is 84.1 cm³/mol. The summed E-state index contributed by atoms with van der Waals surface area (Å²) in [7, 11) is 0. The van der Waals surface area contributed by atoms with Crippen molar-refractivity contribution in [3.63, 3.8) is 0 Å². The third-order valence-corrected chi connectivity index (χ3v) is 4.41. The first-order valence-corrected chi connectivity index (χ1v) is 7.71. The van der Waals surface area contributed by atoms with Gasteiger partial charge in [0.2, 0.25) is 0 Å². The summed E-state index contributed by atoms with van der Waals surface area (Å²) in [5, 5.41) is 6.31. The average Bonchev–Trinajstić information content (AvgIpc) is 2.97. The number of nitrogens with zero attached hydrogens (tertiary/aromatic N) is 2. The molecule has 21 heavy (non-hydrogen) atoms. The van der Waals surface area contributed by atoms with Gasteiger partial charge in [0.15, 0.2) is 0 Å². The molecule has 1 aromatic heterocycles. The van der Waals surface area contributed by atoms with Crippen LogP contribution >= 0.6 is 23.4 Å². The number of aromatic nitrogens is 1. The number of nitroso groups, excluding NO2 is 1. The number of pyridine rings is 1. The molecule has 7 heteroatoms. The smallest absolute Gasteiger partial charge is 0.318 e. The van der Waals surface area contributed by atoms with Crippen molar-refractivity contribution < 1.29 is 4.79 Å². The minimum absolute atomic E-state index is 0.293. The number of nitrogens with one attached hydrogen (secondary N) is 1. The van der Waals surface area contributed by atoms with Crippen molar-refractivity contribution in [3.8, 4) is 0 Å². The van der Waals surface area contributed by atoms with Gasteiger partial charge in [-0.15, -0.1) is 4.91 Å². The Morgan fingerprint density at radius 3 is 2.90 bits per heavy atom. The van der Waals surface area contributed by atoms with E-state index in [1.165, 1.54) is 6.20 Å². The van der Waals surface area contributed by atoms with E-state index in [2.05, 4.69) is 15.5 Å². The normalized spacial score (nSPS) is 12.8. The summed E-state index contributed by atoms with van der Waals surface area (Å²) in [4.78, 5) is 26.2. The Bertz CT molecular complexity index is 736. The van der Waals surface area contributed by atoms with Crippen LogP contribution in [-0.2, 0) is 11.5 Å². The number of hydrogen-bond acceptors (Lipinski definition) is 5. The SMILES string of the molecule is O=NC(=O)c1cnc(Nc2cccc(Cl)c2)c2c1CSC2. The molecule has 0 saturated carbocycles. The number of rotatable bonds is 3. The molecule has 1 amide bonds. The Kier molecular flexibility index (Phi) is 3.90. The monoisotopic (exact) mass is 319 g/mol. The molecule has 0 bridgehead atoms. The minimum Gasteiger partial charge on any atom is -0.340 e. The molecule has 0 saturated heterocycles. The van der Waals surface area contributed by atoms with Crippen molar-refractivity contribution in [1.29, 1.82) is 0 Å².